The number of ether oxygens (including phenoxy) is 1. The van der Waals surface area contributed by atoms with Crippen LogP contribution in [0.25, 0.3) is 0 Å². The van der Waals surface area contributed by atoms with E-state index < -0.39 is 6.10 Å². The Kier molecular flexibility index (Phi) is 2.88. The normalized spacial score (nSPS) is 19.1. The Balaban J connectivity index is 2.26. The number of carbonyl (C=O) groups is 1. The molecule has 1 atom stereocenters. The van der Waals surface area contributed by atoms with Gasteiger partial charge in [0.1, 0.15) is 0 Å². The molecule has 1 aliphatic rings. The highest BCUT2D eigenvalue weighted by atomic mass is 79.9. The number of fused-ring (bicyclic) bond motifs is 1. The standard InChI is InChI=1S/C9H10BrN3O2/c1-11-4-7-9(14)13-8-6(15-7)2-5(10)3-12-8/h2-3,7,11H,4H2,1H3,(H,12,13,14). The van der Waals surface area contributed by atoms with Gasteiger partial charge in [0, 0.05) is 17.2 Å². The number of halogens is 1. The number of nitrogens with zero attached hydrogens (tertiary/aromatic N) is 1. The zero-order valence-corrected chi connectivity index (χ0v) is 9.67. The van der Waals surface area contributed by atoms with Gasteiger partial charge in [-0.1, -0.05) is 0 Å². The van der Waals surface area contributed by atoms with Crippen LogP contribution in [0.4, 0.5) is 5.82 Å². The van der Waals surface area contributed by atoms with Crippen molar-refractivity contribution in [1.29, 1.82) is 0 Å². The third kappa shape index (κ3) is 2.10. The molecule has 0 saturated carbocycles. The second-order valence-corrected chi connectivity index (χ2v) is 4.07. The molecule has 0 spiro atoms. The molecule has 0 saturated heterocycles. The van der Waals surface area contributed by atoms with E-state index in [0.29, 0.717) is 18.1 Å². The highest BCUT2D eigenvalue weighted by Gasteiger charge is 2.27. The molecule has 0 radical (unpaired) electrons. The Labute approximate surface area is 95.3 Å². The number of carbonyl (C=O) groups excluding carboxylic acids is 1. The monoisotopic (exact) mass is 271 g/mol. The fourth-order valence-electron chi connectivity index (χ4n) is 1.33. The van der Waals surface area contributed by atoms with Gasteiger partial charge in [0.2, 0.25) is 0 Å². The highest BCUT2D eigenvalue weighted by Crippen LogP contribution is 2.29. The number of hydrogen-bond acceptors (Lipinski definition) is 4. The van der Waals surface area contributed by atoms with E-state index in [1.54, 1.807) is 19.3 Å². The van der Waals surface area contributed by atoms with Gasteiger partial charge in [-0.3, -0.25) is 4.79 Å². The Bertz CT molecular complexity index is 397. The first-order valence-corrected chi connectivity index (χ1v) is 5.27. The molecule has 2 N–H and O–H groups in total. The van der Waals surface area contributed by atoms with E-state index >= 15 is 0 Å². The zero-order valence-electron chi connectivity index (χ0n) is 8.08. The first-order valence-electron chi connectivity index (χ1n) is 4.48. The van der Waals surface area contributed by atoms with Crippen molar-refractivity contribution >= 4 is 27.7 Å². The molecule has 1 aliphatic heterocycles. The average Bonchev–Trinajstić information content (AvgIpc) is 2.20. The number of amides is 1. The molecular weight excluding hydrogens is 262 g/mol. The molecular formula is C9H10BrN3O2. The number of hydrogen-bond donors (Lipinski definition) is 2. The highest BCUT2D eigenvalue weighted by molar-refractivity contribution is 9.10. The summed E-state index contributed by atoms with van der Waals surface area (Å²) in [6.45, 7) is 0.470. The van der Waals surface area contributed by atoms with Gasteiger partial charge in [-0.15, -0.1) is 0 Å². The number of anilines is 1. The van der Waals surface area contributed by atoms with Crippen LogP contribution in [0.2, 0.25) is 0 Å². The van der Waals surface area contributed by atoms with Gasteiger partial charge in [-0.2, -0.15) is 0 Å². The third-order valence-electron chi connectivity index (χ3n) is 2.01. The number of pyridine rings is 1. The number of rotatable bonds is 2. The van der Waals surface area contributed by atoms with Gasteiger partial charge in [-0.05, 0) is 29.0 Å². The summed E-state index contributed by atoms with van der Waals surface area (Å²) in [5.74, 6) is 0.881. The lowest BCUT2D eigenvalue weighted by Crippen LogP contribution is -2.43. The van der Waals surface area contributed by atoms with Crippen LogP contribution in [-0.4, -0.2) is 30.6 Å². The van der Waals surface area contributed by atoms with Crippen LogP contribution in [0.3, 0.4) is 0 Å². The van der Waals surface area contributed by atoms with E-state index in [0.717, 1.165) is 4.47 Å². The first kappa shape index (κ1) is 10.4. The van der Waals surface area contributed by atoms with E-state index in [2.05, 4.69) is 31.5 Å². The molecule has 1 aromatic heterocycles. The quantitative estimate of drug-likeness (QED) is 0.834. The fraction of sp³-hybridized carbons (Fsp3) is 0.333. The first-order chi connectivity index (χ1) is 7.20. The molecule has 2 heterocycles. The van der Waals surface area contributed by atoms with Crippen molar-refractivity contribution in [2.45, 2.75) is 6.10 Å². The van der Waals surface area contributed by atoms with E-state index in [1.807, 2.05) is 0 Å². The lowest BCUT2D eigenvalue weighted by molar-refractivity contribution is -0.123. The van der Waals surface area contributed by atoms with Crippen LogP contribution in [0, 0.1) is 0 Å². The second kappa shape index (κ2) is 4.16. The molecule has 15 heavy (non-hydrogen) atoms. The minimum Gasteiger partial charge on any atom is -0.475 e. The molecule has 2 rings (SSSR count). The van der Waals surface area contributed by atoms with Crippen LogP contribution in [0.1, 0.15) is 0 Å². The van der Waals surface area contributed by atoms with Crippen LogP contribution in [-0.2, 0) is 4.79 Å². The molecule has 1 unspecified atom stereocenters. The molecule has 5 nitrogen and oxygen atoms in total. The van der Waals surface area contributed by atoms with Gasteiger partial charge >= 0.3 is 0 Å². The van der Waals surface area contributed by atoms with Crippen LogP contribution in [0.5, 0.6) is 5.75 Å². The third-order valence-corrected chi connectivity index (χ3v) is 2.45. The fourth-order valence-corrected chi connectivity index (χ4v) is 1.64. The van der Waals surface area contributed by atoms with Crippen molar-refractivity contribution in [3.8, 4) is 5.75 Å². The van der Waals surface area contributed by atoms with Crippen LogP contribution < -0.4 is 15.4 Å². The van der Waals surface area contributed by atoms with Gasteiger partial charge in [-0.25, -0.2) is 4.98 Å². The van der Waals surface area contributed by atoms with Crippen LogP contribution >= 0.6 is 15.9 Å². The molecule has 0 aliphatic carbocycles. The number of nitrogens with one attached hydrogen (secondary N) is 2. The van der Waals surface area contributed by atoms with E-state index in [-0.39, 0.29) is 5.91 Å². The van der Waals surface area contributed by atoms with E-state index in [1.165, 1.54) is 0 Å². The number of aromatic nitrogens is 1. The summed E-state index contributed by atoms with van der Waals surface area (Å²) in [6.07, 6.45) is 1.11. The second-order valence-electron chi connectivity index (χ2n) is 3.15. The summed E-state index contributed by atoms with van der Waals surface area (Å²) in [6, 6.07) is 1.78. The summed E-state index contributed by atoms with van der Waals surface area (Å²) in [5, 5.41) is 5.58. The molecule has 0 fully saturated rings. The Hall–Kier alpha value is -1.14. The molecule has 0 bridgehead atoms. The summed E-state index contributed by atoms with van der Waals surface area (Å²) in [7, 11) is 1.77. The minimum atomic E-state index is -0.501. The lowest BCUT2D eigenvalue weighted by atomic mass is 10.2. The number of likely N-dealkylation sites (N-methyl/N-ethyl adjacent to an activating group) is 1. The van der Waals surface area contributed by atoms with Crippen molar-refractivity contribution in [2.24, 2.45) is 0 Å². The minimum absolute atomic E-state index is 0.174. The zero-order chi connectivity index (χ0) is 10.8. The maximum Gasteiger partial charge on any atom is 0.268 e. The smallest absolute Gasteiger partial charge is 0.268 e. The summed E-state index contributed by atoms with van der Waals surface area (Å²) < 4.78 is 6.32. The van der Waals surface area contributed by atoms with Crippen LogP contribution in [0.15, 0.2) is 16.7 Å². The van der Waals surface area contributed by atoms with Crippen molar-refractivity contribution in [2.75, 3.05) is 18.9 Å². The van der Waals surface area contributed by atoms with Crippen molar-refractivity contribution < 1.29 is 9.53 Å². The van der Waals surface area contributed by atoms with E-state index in [9.17, 15) is 4.79 Å². The Morgan fingerprint density at radius 2 is 2.53 bits per heavy atom. The summed E-state index contributed by atoms with van der Waals surface area (Å²) in [5.41, 5.74) is 0. The van der Waals surface area contributed by atoms with Crippen molar-refractivity contribution in [1.82, 2.24) is 10.3 Å². The molecule has 0 aromatic carbocycles. The predicted octanol–water partition coefficient (Wildman–Crippen LogP) is 0.763. The molecule has 1 aromatic rings. The topological polar surface area (TPSA) is 63.2 Å². The summed E-state index contributed by atoms with van der Waals surface area (Å²) >= 11 is 3.29. The lowest BCUT2D eigenvalue weighted by Gasteiger charge is -2.24. The van der Waals surface area contributed by atoms with Gasteiger partial charge < -0.3 is 15.4 Å². The summed E-state index contributed by atoms with van der Waals surface area (Å²) in [4.78, 5) is 15.5. The van der Waals surface area contributed by atoms with Crippen molar-refractivity contribution in [3.05, 3.63) is 16.7 Å². The molecule has 1 amide bonds. The molecule has 80 valence electrons. The van der Waals surface area contributed by atoms with Crippen molar-refractivity contribution in [3.63, 3.8) is 0 Å². The van der Waals surface area contributed by atoms with Gasteiger partial charge in [0.05, 0.1) is 0 Å². The predicted molar refractivity (Wildman–Crippen MR) is 58.9 cm³/mol. The maximum atomic E-state index is 11.5. The maximum absolute atomic E-state index is 11.5. The van der Waals surface area contributed by atoms with E-state index in [4.69, 9.17) is 4.74 Å². The average molecular weight is 272 g/mol. The van der Waals surface area contributed by atoms with Gasteiger partial charge in [0.25, 0.3) is 5.91 Å². The Morgan fingerprint density at radius 3 is 3.27 bits per heavy atom. The Morgan fingerprint density at radius 1 is 1.73 bits per heavy atom. The largest absolute Gasteiger partial charge is 0.475 e. The SMILES string of the molecule is CNCC1Oc2cc(Br)cnc2NC1=O. The molecule has 6 heteroatoms. The van der Waals surface area contributed by atoms with Gasteiger partial charge in [0.15, 0.2) is 17.7 Å².